The second-order valence-electron chi connectivity index (χ2n) is 6.12. The molecule has 0 aliphatic rings. The zero-order valence-electron chi connectivity index (χ0n) is 17.2. The zero-order valence-corrected chi connectivity index (χ0v) is 17.2. The topological polar surface area (TPSA) is 117 Å². The van der Waals surface area contributed by atoms with Crippen LogP contribution in [-0.2, 0) is 4.79 Å². The molecule has 1 aromatic carbocycles. The van der Waals surface area contributed by atoms with Crippen molar-refractivity contribution in [2.45, 2.75) is 27.7 Å². The summed E-state index contributed by atoms with van der Waals surface area (Å²) in [5, 5.41) is 17.3. The Hall–Kier alpha value is -4.05. The molecule has 1 N–H and O–H groups in total. The van der Waals surface area contributed by atoms with Gasteiger partial charge in [0.25, 0.3) is 0 Å². The van der Waals surface area contributed by atoms with Crippen LogP contribution in [0.15, 0.2) is 60.2 Å². The lowest BCUT2D eigenvalue weighted by atomic mass is 10.1. The highest BCUT2D eigenvalue weighted by Crippen LogP contribution is 2.17. The van der Waals surface area contributed by atoms with Gasteiger partial charge in [0.05, 0.1) is 5.56 Å². The quantitative estimate of drug-likeness (QED) is 0.341. The lowest BCUT2D eigenvalue weighted by molar-refractivity contribution is -0.132. The number of benzene rings is 1. The number of Topliss-reactive ketones (excluding diaryl/α,β-unsaturated/α-hetero) is 1. The average molecular weight is 406 g/mol. The number of allylic oxidation sites excluding steroid dienone is 3. The smallest absolute Gasteiger partial charge is 0.344 e. The Bertz CT molecular complexity index is 1050. The van der Waals surface area contributed by atoms with Crippen LogP contribution in [0.1, 0.15) is 52.7 Å². The van der Waals surface area contributed by atoms with Crippen molar-refractivity contribution in [2.24, 2.45) is 0 Å². The maximum Gasteiger partial charge on any atom is 0.344 e. The van der Waals surface area contributed by atoms with Gasteiger partial charge in [-0.3, -0.25) is 4.79 Å². The molecule has 2 rings (SSSR count). The van der Waals surface area contributed by atoms with Crippen LogP contribution in [0, 0.1) is 18.3 Å². The van der Waals surface area contributed by atoms with E-state index >= 15 is 0 Å². The second-order valence-corrected chi connectivity index (χ2v) is 6.12. The Morgan fingerprint density at radius 3 is 2.37 bits per heavy atom. The minimum absolute atomic E-state index is 0.0317. The molecule has 0 atom stereocenters. The van der Waals surface area contributed by atoms with Crippen molar-refractivity contribution >= 4 is 17.7 Å². The predicted molar refractivity (Wildman–Crippen MR) is 111 cm³/mol. The van der Waals surface area contributed by atoms with Crippen LogP contribution in [0.25, 0.3) is 0 Å². The van der Waals surface area contributed by atoms with Gasteiger partial charge in [0.15, 0.2) is 5.78 Å². The van der Waals surface area contributed by atoms with Gasteiger partial charge in [-0.1, -0.05) is 30.4 Å². The van der Waals surface area contributed by atoms with Gasteiger partial charge in [-0.15, -0.1) is 0 Å². The van der Waals surface area contributed by atoms with E-state index in [4.69, 9.17) is 15.1 Å². The summed E-state index contributed by atoms with van der Waals surface area (Å²) in [6.07, 6.45) is 5.04. The van der Waals surface area contributed by atoms with Crippen molar-refractivity contribution < 1.29 is 24.2 Å². The maximum absolute atomic E-state index is 12.1. The standard InChI is InChI=1S/C16H12N2O3.C7H10O2/c1-10-6-7-14(9-17)15(18-10)21-16(20)13-5-3-4-12(8-13)11(2)19;1-3-4-5-6(2)7(8)9/h3-8H,1-2H3;3-5H,1-2H3,(H,8,9)/b;4-3-,6-5+. The summed E-state index contributed by atoms with van der Waals surface area (Å²) in [4.78, 5) is 37.5. The molecule has 0 bridgehead atoms. The number of aliphatic carboxylic acids is 1. The highest BCUT2D eigenvalue weighted by atomic mass is 16.5. The SMILES string of the molecule is C/C=C\C=C(/C)C(=O)O.CC(=O)c1cccc(C(=O)Oc2nc(C)ccc2C#N)c1. The largest absolute Gasteiger partial charge is 0.478 e. The molecule has 0 saturated carbocycles. The Balaban J connectivity index is 0.000000424. The van der Waals surface area contributed by atoms with Crippen LogP contribution in [0.2, 0.25) is 0 Å². The summed E-state index contributed by atoms with van der Waals surface area (Å²) in [5.74, 6) is -1.70. The summed E-state index contributed by atoms with van der Waals surface area (Å²) in [6, 6.07) is 11.3. The number of carbonyl (C=O) groups excluding carboxylic acids is 2. The Morgan fingerprint density at radius 1 is 1.13 bits per heavy atom. The second kappa shape index (κ2) is 11.7. The number of hydrogen-bond acceptors (Lipinski definition) is 6. The third-order valence-corrected chi connectivity index (χ3v) is 3.69. The van der Waals surface area contributed by atoms with Crippen molar-refractivity contribution in [3.8, 4) is 11.9 Å². The van der Waals surface area contributed by atoms with Gasteiger partial charge >= 0.3 is 11.9 Å². The number of esters is 1. The minimum atomic E-state index is -0.867. The van der Waals surface area contributed by atoms with Crippen LogP contribution >= 0.6 is 0 Å². The first kappa shape index (κ1) is 24.0. The van der Waals surface area contributed by atoms with Crippen molar-refractivity contribution in [2.75, 3.05) is 0 Å². The normalized spacial score (nSPS) is 10.6. The number of ether oxygens (including phenoxy) is 1. The number of rotatable bonds is 5. The molecule has 7 heteroatoms. The van der Waals surface area contributed by atoms with Crippen molar-refractivity contribution in [3.63, 3.8) is 0 Å². The maximum atomic E-state index is 12.1. The van der Waals surface area contributed by atoms with E-state index in [0.29, 0.717) is 16.8 Å². The van der Waals surface area contributed by atoms with E-state index < -0.39 is 11.9 Å². The molecule has 154 valence electrons. The number of nitrogens with zero attached hydrogens (tertiary/aromatic N) is 2. The summed E-state index contributed by atoms with van der Waals surface area (Å²) in [6.45, 7) is 6.54. The lowest BCUT2D eigenvalue weighted by Gasteiger charge is -2.06. The fourth-order valence-electron chi connectivity index (χ4n) is 2.02. The molecule has 0 fully saturated rings. The third-order valence-electron chi connectivity index (χ3n) is 3.69. The number of aromatic nitrogens is 1. The average Bonchev–Trinajstić information content (AvgIpc) is 2.72. The number of carboxylic acids is 1. The molecule has 0 spiro atoms. The van der Waals surface area contributed by atoms with Crippen LogP contribution in [0.4, 0.5) is 0 Å². The van der Waals surface area contributed by atoms with E-state index in [-0.39, 0.29) is 22.8 Å². The van der Waals surface area contributed by atoms with Crippen LogP contribution in [0.3, 0.4) is 0 Å². The van der Waals surface area contributed by atoms with Gasteiger partial charge < -0.3 is 9.84 Å². The van der Waals surface area contributed by atoms with Crippen LogP contribution in [-0.4, -0.2) is 27.8 Å². The molecule has 0 saturated heterocycles. The number of pyridine rings is 1. The monoisotopic (exact) mass is 406 g/mol. The first-order chi connectivity index (χ1) is 14.2. The number of nitriles is 1. The van der Waals surface area contributed by atoms with Crippen LogP contribution in [0.5, 0.6) is 5.88 Å². The van der Waals surface area contributed by atoms with E-state index in [0.717, 1.165) is 0 Å². The van der Waals surface area contributed by atoms with E-state index in [9.17, 15) is 14.4 Å². The fourth-order valence-corrected chi connectivity index (χ4v) is 2.02. The highest BCUT2D eigenvalue weighted by molar-refractivity contribution is 5.98. The van der Waals surface area contributed by atoms with E-state index in [1.54, 1.807) is 50.3 Å². The zero-order chi connectivity index (χ0) is 22.7. The molecule has 0 aliphatic heterocycles. The number of ketones is 1. The van der Waals surface area contributed by atoms with Crippen LogP contribution < -0.4 is 4.74 Å². The third kappa shape index (κ3) is 7.52. The lowest BCUT2D eigenvalue weighted by Crippen LogP contribution is -2.11. The predicted octanol–water partition coefficient (Wildman–Crippen LogP) is 4.28. The van der Waals surface area contributed by atoms with Gasteiger partial charge in [-0.05, 0) is 52.0 Å². The van der Waals surface area contributed by atoms with Gasteiger partial charge in [-0.2, -0.15) is 5.26 Å². The molecular weight excluding hydrogens is 384 g/mol. The number of hydrogen-bond donors (Lipinski definition) is 1. The minimum Gasteiger partial charge on any atom is -0.478 e. The molecule has 2 aromatic rings. The number of carbonyl (C=O) groups is 3. The van der Waals surface area contributed by atoms with Crippen molar-refractivity contribution in [3.05, 3.63) is 82.6 Å². The van der Waals surface area contributed by atoms with E-state index in [1.807, 2.05) is 13.0 Å². The summed E-state index contributed by atoms with van der Waals surface area (Å²) in [5.41, 5.74) is 1.82. The molecule has 1 aromatic heterocycles. The molecular formula is C23H22N2O5. The number of aryl methyl sites for hydroxylation is 1. The van der Waals surface area contributed by atoms with Gasteiger partial charge in [0.1, 0.15) is 11.6 Å². The van der Waals surface area contributed by atoms with E-state index in [2.05, 4.69) is 4.98 Å². The van der Waals surface area contributed by atoms with Gasteiger partial charge in [-0.25, -0.2) is 14.6 Å². The van der Waals surface area contributed by atoms with E-state index in [1.165, 1.54) is 25.1 Å². The van der Waals surface area contributed by atoms with Crippen molar-refractivity contribution in [1.82, 2.24) is 4.98 Å². The number of carboxylic acid groups (broad SMARTS) is 1. The Morgan fingerprint density at radius 2 is 1.80 bits per heavy atom. The molecule has 0 amide bonds. The molecule has 30 heavy (non-hydrogen) atoms. The summed E-state index contributed by atoms with van der Waals surface area (Å²) >= 11 is 0. The molecule has 0 aliphatic carbocycles. The van der Waals surface area contributed by atoms with Gasteiger partial charge in [0, 0.05) is 16.8 Å². The highest BCUT2D eigenvalue weighted by Gasteiger charge is 2.14. The molecule has 0 unspecified atom stereocenters. The molecule has 7 nitrogen and oxygen atoms in total. The molecule has 0 radical (unpaired) electrons. The fraction of sp³-hybridized carbons (Fsp3) is 0.174. The van der Waals surface area contributed by atoms with Gasteiger partial charge in [0.2, 0.25) is 5.88 Å². The summed E-state index contributed by atoms with van der Waals surface area (Å²) < 4.78 is 5.15. The van der Waals surface area contributed by atoms with Crippen molar-refractivity contribution in [1.29, 1.82) is 5.26 Å². The molecule has 1 heterocycles. The first-order valence-electron chi connectivity index (χ1n) is 8.93. The Kier molecular flexibility index (Phi) is 9.37. The first-order valence-corrected chi connectivity index (χ1v) is 8.93. The Labute approximate surface area is 174 Å². The summed E-state index contributed by atoms with van der Waals surface area (Å²) in [7, 11) is 0.